The zero-order valence-electron chi connectivity index (χ0n) is 11.0. The van der Waals surface area contributed by atoms with Crippen molar-refractivity contribution in [1.82, 2.24) is 4.90 Å². The average Bonchev–Trinajstić information content (AvgIpc) is 2.75. The minimum Gasteiger partial charge on any atom is -0.330 e. The molecule has 1 fully saturated rings. The second-order valence-corrected chi connectivity index (χ2v) is 5.76. The van der Waals surface area contributed by atoms with E-state index < -0.39 is 0 Å². The van der Waals surface area contributed by atoms with Crippen LogP contribution in [0.3, 0.4) is 0 Å². The molecule has 2 heteroatoms. The first-order valence-corrected chi connectivity index (χ1v) is 6.62. The number of benzene rings is 1. The van der Waals surface area contributed by atoms with Gasteiger partial charge < -0.3 is 10.6 Å². The van der Waals surface area contributed by atoms with Crippen LogP contribution >= 0.6 is 0 Å². The molecule has 0 aliphatic carbocycles. The molecule has 2 nitrogen and oxygen atoms in total. The summed E-state index contributed by atoms with van der Waals surface area (Å²) >= 11 is 0. The fourth-order valence-corrected chi connectivity index (χ4v) is 2.78. The van der Waals surface area contributed by atoms with Gasteiger partial charge in [-0.3, -0.25) is 0 Å². The van der Waals surface area contributed by atoms with Crippen molar-refractivity contribution in [3.63, 3.8) is 0 Å². The van der Waals surface area contributed by atoms with Crippen molar-refractivity contribution in [3.8, 4) is 0 Å². The Morgan fingerprint density at radius 2 is 2.06 bits per heavy atom. The predicted octanol–water partition coefficient (Wildman–Crippen LogP) is 2.24. The van der Waals surface area contributed by atoms with Crippen molar-refractivity contribution >= 4 is 0 Å². The Labute approximate surface area is 105 Å². The van der Waals surface area contributed by atoms with Gasteiger partial charge in [-0.25, -0.2) is 0 Å². The van der Waals surface area contributed by atoms with E-state index >= 15 is 0 Å². The maximum Gasteiger partial charge on any atom is 0.0174 e. The lowest BCUT2D eigenvalue weighted by Gasteiger charge is -2.33. The van der Waals surface area contributed by atoms with Gasteiger partial charge in [-0.15, -0.1) is 0 Å². The third-order valence-electron chi connectivity index (χ3n) is 4.00. The van der Waals surface area contributed by atoms with E-state index in [1.54, 1.807) is 0 Å². The molecule has 1 aliphatic rings. The SMILES string of the molecule is CC1CCN(CC(C)(CN)c2ccccc2)C1. The van der Waals surface area contributed by atoms with Crippen LogP contribution < -0.4 is 5.73 Å². The lowest BCUT2D eigenvalue weighted by atomic mass is 9.82. The van der Waals surface area contributed by atoms with Gasteiger partial charge in [-0.05, 0) is 24.4 Å². The van der Waals surface area contributed by atoms with Gasteiger partial charge in [0.15, 0.2) is 0 Å². The molecule has 17 heavy (non-hydrogen) atoms. The summed E-state index contributed by atoms with van der Waals surface area (Å²) in [6.07, 6.45) is 1.33. The zero-order valence-corrected chi connectivity index (χ0v) is 11.0. The van der Waals surface area contributed by atoms with Crippen molar-refractivity contribution < 1.29 is 0 Å². The molecule has 1 aromatic carbocycles. The molecular formula is C15H24N2. The molecule has 0 amide bonds. The molecule has 2 unspecified atom stereocenters. The Morgan fingerprint density at radius 1 is 1.35 bits per heavy atom. The Kier molecular flexibility index (Phi) is 3.85. The van der Waals surface area contributed by atoms with Gasteiger partial charge in [-0.2, -0.15) is 0 Å². The summed E-state index contributed by atoms with van der Waals surface area (Å²) in [4.78, 5) is 2.56. The second kappa shape index (κ2) is 5.19. The molecule has 0 aromatic heterocycles. The third-order valence-corrected chi connectivity index (χ3v) is 4.00. The summed E-state index contributed by atoms with van der Waals surface area (Å²) in [6.45, 7) is 8.86. The van der Waals surface area contributed by atoms with Crippen molar-refractivity contribution in [2.75, 3.05) is 26.2 Å². The van der Waals surface area contributed by atoms with Crippen molar-refractivity contribution in [1.29, 1.82) is 0 Å². The molecule has 2 rings (SSSR count). The maximum absolute atomic E-state index is 6.03. The van der Waals surface area contributed by atoms with E-state index in [9.17, 15) is 0 Å². The second-order valence-electron chi connectivity index (χ2n) is 5.76. The van der Waals surface area contributed by atoms with Gasteiger partial charge in [0.25, 0.3) is 0 Å². The van der Waals surface area contributed by atoms with Gasteiger partial charge in [0.05, 0.1) is 0 Å². The summed E-state index contributed by atoms with van der Waals surface area (Å²) in [5.41, 5.74) is 7.48. The van der Waals surface area contributed by atoms with Crippen LogP contribution in [-0.2, 0) is 5.41 Å². The van der Waals surface area contributed by atoms with Crippen LogP contribution in [0.5, 0.6) is 0 Å². The summed E-state index contributed by atoms with van der Waals surface area (Å²) in [5.74, 6) is 0.841. The van der Waals surface area contributed by atoms with E-state index in [1.807, 2.05) is 0 Å². The number of rotatable bonds is 4. The number of likely N-dealkylation sites (tertiary alicyclic amines) is 1. The molecule has 0 bridgehead atoms. The predicted molar refractivity (Wildman–Crippen MR) is 73.1 cm³/mol. The fraction of sp³-hybridized carbons (Fsp3) is 0.600. The molecule has 2 N–H and O–H groups in total. The standard InChI is InChI=1S/C15H24N2/c1-13-8-9-17(10-13)12-15(2,11-16)14-6-4-3-5-7-14/h3-7,13H,8-12,16H2,1-2H3. The third kappa shape index (κ3) is 2.88. The smallest absolute Gasteiger partial charge is 0.0174 e. The fourth-order valence-electron chi connectivity index (χ4n) is 2.78. The van der Waals surface area contributed by atoms with Crippen LogP contribution in [0, 0.1) is 5.92 Å². The monoisotopic (exact) mass is 232 g/mol. The van der Waals surface area contributed by atoms with Crippen LogP contribution in [0.15, 0.2) is 30.3 Å². The number of hydrogen-bond acceptors (Lipinski definition) is 2. The van der Waals surface area contributed by atoms with E-state index in [4.69, 9.17) is 5.73 Å². The summed E-state index contributed by atoms with van der Waals surface area (Å²) in [7, 11) is 0. The van der Waals surface area contributed by atoms with E-state index in [-0.39, 0.29) is 5.41 Å². The first-order chi connectivity index (χ1) is 8.14. The number of nitrogens with zero attached hydrogens (tertiary/aromatic N) is 1. The van der Waals surface area contributed by atoms with Gasteiger partial charge in [-0.1, -0.05) is 44.2 Å². The highest BCUT2D eigenvalue weighted by atomic mass is 15.2. The van der Waals surface area contributed by atoms with Crippen LogP contribution in [0.2, 0.25) is 0 Å². The van der Waals surface area contributed by atoms with Crippen molar-refractivity contribution in [2.45, 2.75) is 25.7 Å². The van der Waals surface area contributed by atoms with Gasteiger partial charge >= 0.3 is 0 Å². The molecule has 0 radical (unpaired) electrons. The summed E-state index contributed by atoms with van der Waals surface area (Å²) < 4.78 is 0. The Balaban J connectivity index is 2.09. The van der Waals surface area contributed by atoms with Gasteiger partial charge in [0.2, 0.25) is 0 Å². The highest BCUT2D eigenvalue weighted by molar-refractivity contribution is 5.25. The Morgan fingerprint density at radius 3 is 2.59 bits per heavy atom. The topological polar surface area (TPSA) is 29.3 Å². The van der Waals surface area contributed by atoms with E-state index in [1.165, 1.54) is 25.1 Å². The van der Waals surface area contributed by atoms with Crippen LogP contribution in [0.1, 0.15) is 25.8 Å². The maximum atomic E-state index is 6.03. The molecule has 1 aromatic rings. The highest BCUT2D eigenvalue weighted by Crippen LogP contribution is 2.26. The minimum atomic E-state index is 0.0886. The molecule has 0 saturated carbocycles. The Bertz CT molecular complexity index is 349. The lowest BCUT2D eigenvalue weighted by Crippen LogP contribution is -2.43. The number of hydrogen-bond donors (Lipinski definition) is 1. The van der Waals surface area contributed by atoms with Crippen molar-refractivity contribution in [2.24, 2.45) is 11.7 Å². The van der Waals surface area contributed by atoms with Crippen LogP contribution in [0.25, 0.3) is 0 Å². The van der Waals surface area contributed by atoms with Gasteiger partial charge in [0, 0.05) is 25.0 Å². The quantitative estimate of drug-likeness (QED) is 0.862. The number of nitrogens with two attached hydrogens (primary N) is 1. The Hall–Kier alpha value is -0.860. The van der Waals surface area contributed by atoms with Crippen molar-refractivity contribution in [3.05, 3.63) is 35.9 Å². The molecular weight excluding hydrogens is 208 g/mol. The van der Waals surface area contributed by atoms with E-state index in [0.717, 1.165) is 12.5 Å². The molecule has 94 valence electrons. The zero-order chi connectivity index (χ0) is 12.3. The highest BCUT2D eigenvalue weighted by Gasteiger charge is 2.30. The first-order valence-electron chi connectivity index (χ1n) is 6.62. The van der Waals surface area contributed by atoms with Gasteiger partial charge in [0.1, 0.15) is 0 Å². The normalized spacial score (nSPS) is 24.8. The molecule has 1 heterocycles. The molecule has 1 aliphatic heterocycles. The molecule has 1 saturated heterocycles. The van der Waals surface area contributed by atoms with Crippen LogP contribution in [0.4, 0.5) is 0 Å². The average molecular weight is 232 g/mol. The minimum absolute atomic E-state index is 0.0886. The largest absolute Gasteiger partial charge is 0.330 e. The lowest BCUT2D eigenvalue weighted by molar-refractivity contribution is 0.254. The van der Waals surface area contributed by atoms with E-state index in [2.05, 4.69) is 49.1 Å². The van der Waals surface area contributed by atoms with Crippen LogP contribution in [-0.4, -0.2) is 31.1 Å². The molecule has 2 atom stereocenters. The first kappa shape index (κ1) is 12.6. The van der Waals surface area contributed by atoms with E-state index in [0.29, 0.717) is 6.54 Å². The molecule has 0 spiro atoms. The summed E-state index contributed by atoms with van der Waals surface area (Å²) in [5, 5.41) is 0. The summed E-state index contributed by atoms with van der Waals surface area (Å²) in [6, 6.07) is 10.7.